The van der Waals surface area contributed by atoms with Crippen LogP contribution in [0.2, 0.25) is 0 Å². The lowest BCUT2D eigenvalue weighted by Crippen LogP contribution is -2.18. The summed E-state index contributed by atoms with van der Waals surface area (Å²) in [5.41, 5.74) is 3.21. The summed E-state index contributed by atoms with van der Waals surface area (Å²) in [7, 11) is 0. The van der Waals surface area contributed by atoms with Crippen molar-refractivity contribution < 1.29 is 9.53 Å². The van der Waals surface area contributed by atoms with E-state index >= 15 is 0 Å². The first-order valence-electron chi connectivity index (χ1n) is 11.3. The van der Waals surface area contributed by atoms with Crippen LogP contribution in [0.25, 0.3) is 0 Å². The molecule has 1 fully saturated rings. The van der Waals surface area contributed by atoms with Crippen molar-refractivity contribution in [3.05, 3.63) is 96.7 Å². The fraction of sp³-hybridized carbons (Fsp3) is 0.148. The minimum Gasteiger partial charge on any atom is -0.457 e. The molecule has 0 atom stereocenters. The first kappa shape index (κ1) is 21.5. The van der Waals surface area contributed by atoms with E-state index < -0.39 is 0 Å². The number of nitrogens with zero attached hydrogens (tertiary/aromatic N) is 3. The summed E-state index contributed by atoms with van der Waals surface area (Å²) in [6.45, 7) is 2.12. The van der Waals surface area contributed by atoms with Gasteiger partial charge in [-0.05, 0) is 73.5 Å². The van der Waals surface area contributed by atoms with Gasteiger partial charge in [0.15, 0.2) is 5.82 Å². The lowest BCUT2D eigenvalue weighted by molar-refractivity contribution is 0.102. The molecule has 0 unspecified atom stereocenters. The molecular weight excluding hydrogens is 426 g/mol. The molecule has 5 rings (SSSR count). The SMILES string of the molecule is O=C(Nc1ccc(Nc2cc(N3CCCC3)cnn2)cc1)c1ccc(Oc2ccccc2)cc1. The molecule has 0 aliphatic carbocycles. The Labute approximate surface area is 198 Å². The molecule has 2 N–H and O–H groups in total. The molecule has 34 heavy (non-hydrogen) atoms. The maximum Gasteiger partial charge on any atom is 0.255 e. The van der Waals surface area contributed by atoms with Crippen LogP contribution in [-0.2, 0) is 0 Å². The lowest BCUT2D eigenvalue weighted by atomic mass is 10.2. The van der Waals surface area contributed by atoms with E-state index in [4.69, 9.17) is 4.74 Å². The van der Waals surface area contributed by atoms with Crippen molar-refractivity contribution in [3.8, 4) is 11.5 Å². The predicted molar refractivity (Wildman–Crippen MR) is 134 cm³/mol. The number of hydrogen-bond donors (Lipinski definition) is 2. The number of carbonyl (C=O) groups excluding carboxylic acids is 1. The number of rotatable bonds is 7. The van der Waals surface area contributed by atoms with Crippen LogP contribution in [0.15, 0.2) is 91.1 Å². The van der Waals surface area contributed by atoms with Crippen LogP contribution in [-0.4, -0.2) is 29.2 Å². The molecular formula is C27H25N5O2. The predicted octanol–water partition coefficient (Wildman–Crippen LogP) is 5.87. The standard InChI is InChI=1S/C27H25N5O2/c33-27(20-8-14-25(15-9-20)34-24-6-2-1-3-7-24)30-22-12-10-21(11-13-22)29-26-18-23(19-28-31-26)32-16-4-5-17-32/h1-3,6-15,18-19H,4-5,16-17H2,(H,29,31)(H,30,33). The van der Waals surface area contributed by atoms with E-state index in [-0.39, 0.29) is 5.91 Å². The molecule has 1 aliphatic rings. The maximum atomic E-state index is 12.6. The lowest BCUT2D eigenvalue weighted by Gasteiger charge is -2.17. The van der Waals surface area contributed by atoms with Gasteiger partial charge in [0.1, 0.15) is 11.5 Å². The maximum absolute atomic E-state index is 12.6. The Bertz CT molecular complexity index is 1240. The van der Waals surface area contributed by atoms with Gasteiger partial charge in [-0.3, -0.25) is 4.79 Å². The molecule has 1 saturated heterocycles. The van der Waals surface area contributed by atoms with E-state index in [1.165, 1.54) is 12.8 Å². The van der Waals surface area contributed by atoms with Gasteiger partial charge in [0.2, 0.25) is 0 Å². The van der Waals surface area contributed by atoms with E-state index in [2.05, 4.69) is 25.7 Å². The minimum atomic E-state index is -0.184. The Kier molecular flexibility index (Phi) is 6.34. The molecule has 1 aromatic heterocycles. The van der Waals surface area contributed by atoms with Gasteiger partial charge in [0.05, 0.1) is 11.9 Å². The molecule has 4 aromatic rings. The Morgan fingerprint density at radius 2 is 1.50 bits per heavy atom. The van der Waals surface area contributed by atoms with Crippen LogP contribution in [0.3, 0.4) is 0 Å². The molecule has 170 valence electrons. The number of hydrogen-bond acceptors (Lipinski definition) is 6. The van der Waals surface area contributed by atoms with Crippen molar-refractivity contribution in [2.75, 3.05) is 28.6 Å². The highest BCUT2D eigenvalue weighted by Crippen LogP contribution is 2.24. The third-order valence-electron chi connectivity index (χ3n) is 5.62. The van der Waals surface area contributed by atoms with Crippen molar-refractivity contribution in [1.29, 1.82) is 0 Å². The normalized spacial score (nSPS) is 12.9. The van der Waals surface area contributed by atoms with Crippen molar-refractivity contribution in [2.45, 2.75) is 12.8 Å². The van der Waals surface area contributed by atoms with Crippen LogP contribution in [0, 0.1) is 0 Å². The second kappa shape index (κ2) is 10.0. The fourth-order valence-electron chi connectivity index (χ4n) is 3.85. The molecule has 0 saturated carbocycles. The van der Waals surface area contributed by atoms with Gasteiger partial charge in [-0.15, -0.1) is 5.10 Å². The number of ether oxygens (including phenoxy) is 1. The zero-order chi connectivity index (χ0) is 23.2. The molecule has 0 radical (unpaired) electrons. The average molecular weight is 452 g/mol. The Balaban J connectivity index is 1.18. The van der Waals surface area contributed by atoms with Gasteiger partial charge >= 0.3 is 0 Å². The molecule has 2 heterocycles. The summed E-state index contributed by atoms with van der Waals surface area (Å²) < 4.78 is 5.78. The number of amides is 1. The second-order valence-electron chi connectivity index (χ2n) is 8.09. The molecule has 1 aliphatic heterocycles. The smallest absolute Gasteiger partial charge is 0.255 e. The van der Waals surface area contributed by atoms with Gasteiger partial charge in [-0.1, -0.05) is 18.2 Å². The number of anilines is 4. The molecule has 1 amide bonds. The van der Waals surface area contributed by atoms with E-state index in [9.17, 15) is 4.79 Å². The summed E-state index contributed by atoms with van der Waals surface area (Å²) >= 11 is 0. The average Bonchev–Trinajstić information content (AvgIpc) is 3.42. The first-order chi connectivity index (χ1) is 16.7. The van der Waals surface area contributed by atoms with Crippen molar-refractivity contribution in [3.63, 3.8) is 0 Å². The highest BCUT2D eigenvalue weighted by atomic mass is 16.5. The summed E-state index contributed by atoms with van der Waals surface area (Å²) in [5.74, 6) is 1.94. The quantitative estimate of drug-likeness (QED) is 0.366. The Morgan fingerprint density at radius 3 is 2.24 bits per heavy atom. The van der Waals surface area contributed by atoms with Crippen LogP contribution in [0.1, 0.15) is 23.2 Å². The zero-order valence-corrected chi connectivity index (χ0v) is 18.6. The minimum absolute atomic E-state index is 0.184. The highest BCUT2D eigenvalue weighted by Gasteiger charge is 2.13. The third kappa shape index (κ3) is 5.32. The van der Waals surface area contributed by atoms with Gasteiger partial charge < -0.3 is 20.3 Å². The van der Waals surface area contributed by atoms with Crippen LogP contribution in [0.5, 0.6) is 11.5 Å². The number of carbonyl (C=O) groups is 1. The van der Waals surface area contributed by atoms with Crippen LogP contribution >= 0.6 is 0 Å². The van der Waals surface area contributed by atoms with Crippen molar-refractivity contribution >= 4 is 28.8 Å². The summed E-state index contributed by atoms with van der Waals surface area (Å²) in [6, 6.07) is 26.1. The van der Waals surface area contributed by atoms with Crippen LogP contribution in [0.4, 0.5) is 22.9 Å². The summed E-state index contributed by atoms with van der Waals surface area (Å²) in [5, 5.41) is 14.5. The number of para-hydroxylation sites is 1. The molecule has 0 spiro atoms. The van der Waals surface area contributed by atoms with Crippen LogP contribution < -0.4 is 20.3 Å². The third-order valence-corrected chi connectivity index (χ3v) is 5.62. The van der Waals surface area contributed by atoms with Crippen molar-refractivity contribution in [1.82, 2.24) is 10.2 Å². The van der Waals surface area contributed by atoms with E-state index in [1.54, 1.807) is 30.5 Å². The van der Waals surface area contributed by atoms with Gasteiger partial charge in [-0.25, -0.2) is 0 Å². The molecule has 7 heteroatoms. The van der Waals surface area contributed by atoms with Crippen molar-refractivity contribution in [2.24, 2.45) is 0 Å². The van der Waals surface area contributed by atoms with E-state index in [0.29, 0.717) is 22.8 Å². The largest absolute Gasteiger partial charge is 0.457 e. The number of aromatic nitrogens is 2. The highest BCUT2D eigenvalue weighted by molar-refractivity contribution is 6.04. The topological polar surface area (TPSA) is 79.4 Å². The Morgan fingerprint density at radius 1 is 0.824 bits per heavy atom. The van der Waals surface area contributed by atoms with Gasteiger partial charge in [0.25, 0.3) is 5.91 Å². The molecule has 0 bridgehead atoms. The van der Waals surface area contributed by atoms with Gasteiger partial charge in [0, 0.05) is 36.1 Å². The zero-order valence-electron chi connectivity index (χ0n) is 18.6. The first-order valence-corrected chi connectivity index (χ1v) is 11.3. The summed E-state index contributed by atoms with van der Waals surface area (Å²) in [6.07, 6.45) is 4.23. The Hall–Kier alpha value is -4.39. The fourth-order valence-corrected chi connectivity index (χ4v) is 3.85. The molecule has 3 aromatic carbocycles. The van der Waals surface area contributed by atoms with E-state index in [1.807, 2.05) is 60.7 Å². The summed E-state index contributed by atoms with van der Waals surface area (Å²) in [4.78, 5) is 15.0. The second-order valence-corrected chi connectivity index (χ2v) is 8.09. The number of nitrogens with one attached hydrogen (secondary N) is 2. The van der Waals surface area contributed by atoms with E-state index in [0.717, 1.165) is 30.2 Å². The monoisotopic (exact) mass is 451 g/mol. The molecule has 7 nitrogen and oxygen atoms in total. The number of benzene rings is 3. The van der Waals surface area contributed by atoms with Gasteiger partial charge in [-0.2, -0.15) is 5.10 Å².